The van der Waals surface area contributed by atoms with E-state index in [1.807, 2.05) is 6.07 Å². The minimum atomic E-state index is 0.119. The predicted molar refractivity (Wildman–Crippen MR) is 64.4 cm³/mol. The van der Waals surface area contributed by atoms with Crippen LogP contribution in [0.1, 0.15) is 11.6 Å². The lowest BCUT2D eigenvalue weighted by Crippen LogP contribution is -2.42. The van der Waals surface area contributed by atoms with Crippen molar-refractivity contribution in [1.29, 1.82) is 0 Å². The SMILES string of the molecule is Oc1c(Cl)cc(Br)cc1[C@@H]1CNCCN1. The maximum absolute atomic E-state index is 9.85. The van der Waals surface area contributed by atoms with E-state index in [9.17, 15) is 5.11 Å². The zero-order chi connectivity index (χ0) is 10.8. The number of hydrogen-bond donors (Lipinski definition) is 3. The lowest BCUT2D eigenvalue weighted by Gasteiger charge is -2.25. The molecule has 0 saturated carbocycles. The number of hydrogen-bond acceptors (Lipinski definition) is 3. The molecule has 1 fully saturated rings. The van der Waals surface area contributed by atoms with Gasteiger partial charge in [0.2, 0.25) is 0 Å². The molecular weight excluding hydrogens is 279 g/mol. The molecule has 1 aliphatic heterocycles. The Hall–Kier alpha value is -0.290. The van der Waals surface area contributed by atoms with Crippen LogP contribution < -0.4 is 10.6 Å². The second-order valence-electron chi connectivity index (χ2n) is 3.54. The standard InChI is InChI=1S/C10H12BrClN2O/c11-6-3-7(10(15)8(12)4-6)9-5-13-1-2-14-9/h3-4,9,13-15H,1-2,5H2/t9-/m0/s1. The van der Waals surface area contributed by atoms with E-state index < -0.39 is 0 Å². The molecule has 0 aliphatic carbocycles. The minimum absolute atomic E-state index is 0.119. The van der Waals surface area contributed by atoms with E-state index in [4.69, 9.17) is 11.6 Å². The fourth-order valence-corrected chi connectivity index (χ4v) is 2.56. The van der Waals surface area contributed by atoms with Crippen LogP contribution in [0.5, 0.6) is 5.75 Å². The fourth-order valence-electron chi connectivity index (χ4n) is 1.72. The van der Waals surface area contributed by atoms with Crippen molar-refractivity contribution in [2.45, 2.75) is 6.04 Å². The molecule has 0 bridgehead atoms. The van der Waals surface area contributed by atoms with Crippen LogP contribution in [-0.4, -0.2) is 24.7 Å². The van der Waals surface area contributed by atoms with Crippen LogP contribution in [0.2, 0.25) is 5.02 Å². The van der Waals surface area contributed by atoms with Gasteiger partial charge in [0.15, 0.2) is 0 Å². The molecule has 0 aromatic heterocycles. The molecule has 5 heteroatoms. The van der Waals surface area contributed by atoms with Crippen molar-refractivity contribution in [3.05, 3.63) is 27.2 Å². The maximum Gasteiger partial charge on any atom is 0.139 e. The topological polar surface area (TPSA) is 44.3 Å². The van der Waals surface area contributed by atoms with Gasteiger partial charge in [0, 0.05) is 35.7 Å². The Morgan fingerprint density at radius 1 is 1.40 bits per heavy atom. The Balaban J connectivity index is 2.33. The molecule has 0 radical (unpaired) electrons. The normalized spacial score (nSPS) is 21.6. The van der Waals surface area contributed by atoms with E-state index in [1.54, 1.807) is 6.07 Å². The molecule has 1 aromatic carbocycles. The van der Waals surface area contributed by atoms with E-state index >= 15 is 0 Å². The number of halogens is 2. The van der Waals surface area contributed by atoms with Crippen LogP contribution in [0, 0.1) is 0 Å². The van der Waals surface area contributed by atoms with Crippen LogP contribution in [0.15, 0.2) is 16.6 Å². The Bertz CT molecular complexity index is 367. The highest BCUT2D eigenvalue weighted by atomic mass is 79.9. The summed E-state index contributed by atoms with van der Waals surface area (Å²) in [6.45, 7) is 2.66. The zero-order valence-corrected chi connectivity index (χ0v) is 10.4. The van der Waals surface area contributed by atoms with Gasteiger partial charge in [-0.05, 0) is 12.1 Å². The van der Waals surface area contributed by atoms with Crippen LogP contribution in [0.4, 0.5) is 0 Å². The summed E-state index contributed by atoms with van der Waals surface area (Å²) in [6, 6.07) is 3.71. The summed E-state index contributed by atoms with van der Waals surface area (Å²) in [5.41, 5.74) is 0.835. The first kappa shape index (κ1) is 11.2. The lowest BCUT2D eigenvalue weighted by atomic mass is 10.0. The van der Waals surface area contributed by atoms with Gasteiger partial charge in [-0.25, -0.2) is 0 Å². The summed E-state index contributed by atoms with van der Waals surface area (Å²) in [6.07, 6.45) is 0. The van der Waals surface area contributed by atoms with Crippen molar-refractivity contribution in [2.24, 2.45) is 0 Å². The van der Waals surface area contributed by atoms with E-state index in [-0.39, 0.29) is 11.8 Å². The molecule has 1 atom stereocenters. The van der Waals surface area contributed by atoms with Crippen molar-refractivity contribution in [3.8, 4) is 5.75 Å². The number of aromatic hydroxyl groups is 1. The van der Waals surface area contributed by atoms with E-state index in [2.05, 4.69) is 26.6 Å². The van der Waals surface area contributed by atoms with Gasteiger partial charge in [-0.15, -0.1) is 0 Å². The monoisotopic (exact) mass is 290 g/mol. The Morgan fingerprint density at radius 3 is 2.87 bits per heavy atom. The minimum Gasteiger partial charge on any atom is -0.506 e. The zero-order valence-electron chi connectivity index (χ0n) is 8.06. The van der Waals surface area contributed by atoms with Crippen molar-refractivity contribution in [3.63, 3.8) is 0 Å². The lowest BCUT2D eigenvalue weighted by molar-refractivity contribution is 0.404. The molecule has 1 aliphatic rings. The number of rotatable bonds is 1. The largest absolute Gasteiger partial charge is 0.506 e. The Kier molecular flexibility index (Phi) is 3.51. The van der Waals surface area contributed by atoms with Gasteiger partial charge in [0.05, 0.1) is 5.02 Å². The number of nitrogens with one attached hydrogen (secondary N) is 2. The van der Waals surface area contributed by atoms with Gasteiger partial charge >= 0.3 is 0 Å². The molecule has 1 saturated heterocycles. The van der Waals surface area contributed by atoms with Crippen molar-refractivity contribution in [2.75, 3.05) is 19.6 Å². The molecule has 1 aromatic rings. The van der Waals surface area contributed by atoms with Crippen molar-refractivity contribution >= 4 is 27.5 Å². The molecule has 3 N–H and O–H groups in total. The summed E-state index contributed by atoms with van der Waals surface area (Å²) in [5, 5.41) is 16.8. The summed E-state index contributed by atoms with van der Waals surface area (Å²) < 4.78 is 0.882. The predicted octanol–water partition coefficient (Wildman–Crippen LogP) is 2.04. The molecule has 1 heterocycles. The van der Waals surface area contributed by atoms with Gasteiger partial charge in [0.25, 0.3) is 0 Å². The van der Waals surface area contributed by atoms with Crippen LogP contribution in [-0.2, 0) is 0 Å². The summed E-state index contributed by atoms with van der Waals surface area (Å²) >= 11 is 9.28. The smallest absolute Gasteiger partial charge is 0.139 e. The molecular formula is C10H12BrClN2O. The average molecular weight is 292 g/mol. The van der Waals surface area contributed by atoms with Crippen LogP contribution in [0.25, 0.3) is 0 Å². The molecule has 82 valence electrons. The number of benzene rings is 1. The first-order valence-corrected chi connectivity index (χ1v) is 5.97. The summed E-state index contributed by atoms with van der Waals surface area (Å²) in [4.78, 5) is 0. The second kappa shape index (κ2) is 4.70. The number of phenols is 1. The molecule has 0 spiro atoms. The van der Waals surface area contributed by atoms with Gasteiger partial charge in [-0.3, -0.25) is 0 Å². The van der Waals surface area contributed by atoms with E-state index in [1.165, 1.54) is 0 Å². The number of phenolic OH excluding ortho intramolecular Hbond substituents is 1. The highest BCUT2D eigenvalue weighted by Gasteiger charge is 2.19. The van der Waals surface area contributed by atoms with Gasteiger partial charge < -0.3 is 15.7 Å². The third-order valence-corrected chi connectivity index (χ3v) is 3.22. The molecule has 2 rings (SSSR count). The molecule has 3 nitrogen and oxygen atoms in total. The highest BCUT2D eigenvalue weighted by molar-refractivity contribution is 9.10. The number of piperazine rings is 1. The van der Waals surface area contributed by atoms with Crippen LogP contribution >= 0.6 is 27.5 Å². The quantitative estimate of drug-likeness (QED) is 0.742. The third kappa shape index (κ3) is 2.45. The van der Waals surface area contributed by atoms with Gasteiger partial charge in [-0.2, -0.15) is 0 Å². The Morgan fingerprint density at radius 2 is 2.20 bits per heavy atom. The molecule has 0 amide bonds. The summed E-state index contributed by atoms with van der Waals surface area (Å²) in [7, 11) is 0. The highest BCUT2D eigenvalue weighted by Crippen LogP contribution is 2.35. The first-order valence-electron chi connectivity index (χ1n) is 4.80. The maximum atomic E-state index is 9.85. The van der Waals surface area contributed by atoms with E-state index in [0.717, 1.165) is 29.7 Å². The fraction of sp³-hybridized carbons (Fsp3) is 0.400. The Labute approximate surface area is 102 Å². The molecule has 15 heavy (non-hydrogen) atoms. The van der Waals surface area contributed by atoms with Crippen molar-refractivity contribution in [1.82, 2.24) is 10.6 Å². The average Bonchev–Trinajstić information content (AvgIpc) is 2.24. The second-order valence-corrected chi connectivity index (χ2v) is 4.86. The van der Waals surface area contributed by atoms with Gasteiger partial charge in [-0.1, -0.05) is 27.5 Å². The first-order chi connectivity index (χ1) is 7.18. The van der Waals surface area contributed by atoms with Gasteiger partial charge in [0.1, 0.15) is 5.75 Å². The van der Waals surface area contributed by atoms with Crippen molar-refractivity contribution < 1.29 is 5.11 Å². The van der Waals surface area contributed by atoms with E-state index in [0.29, 0.717) is 5.02 Å². The van der Waals surface area contributed by atoms with Crippen LogP contribution in [0.3, 0.4) is 0 Å². The third-order valence-electron chi connectivity index (χ3n) is 2.47. The molecule has 0 unspecified atom stereocenters. The summed E-state index contributed by atoms with van der Waals surface area (Å²) in [5.74, 6) is 0.168.